The van der Waals surface area contributed by atoms with Crippen molar-refractivity contribution < 1.29 is 4.79 Å². The maximum absolute atomic E-state index is 11.7. The summed E-state index contributed by atoms with van der Waals surface area (Å²) < 4.78 is 0. The molecule has 1 N–H and O–H groups in total. The molecule has 0 fully saturated rings. The SMILES string of the molecule is CC(Br)CC(C)NC(=O)c1sccc1Cl. The van der Waals surface area contributed by atoms with Gasteiger partial charge in [-0.3, -0.25) is 4.79 Å². The molecule has 0 bridgehead atoms. The van der Waals surface area contributed by atoms with Gasteiger partial charge in [0.15, 0.2) is 0 Å². The summed E-state index contributed by atoms with van der Waals surface area (Å²) in [7, 11) is 0. The second-order valence-corrected chi connectivity index (χ2v) is 6.38. The number of alkyl halides is 1. The third-order valence-corrected chi connectivity index (χ3v) is 3.59. The Kier molecular flexibility index (Phi) is 5.09. The molecule has 2 atom stereocenters. The molecule has 0 radical (unpaired) electrons. The van der Waals surface area contributed by atoms with Gasteiger partial charge in [-0.2, -0.15) is 0 Å². The first-order valence-corrected chi connectivity index (χ1v) is 6.86. The van der Waals surface area contributed by atoms with Gasteiger partial charge >= 0.3 is 0 Å². The van der Waals surface area contributed by atoms with Gasteiger partial charge in [-0.25, -0.2) is 0 Å². The Hall–Kier alpha value is -0.0600. The van der Waals surface area contributed by atoms with Crippen molar-refractivity contribution >= 4 is 44.8 Å². The van der Waals surface area contributed by atoms with Crippen LogP contribution in [0.1, 0.15) is 29.9 Å². The molecular weight excluding hydrogens is 298 g/mol. The van der Waals surface area contributed by atoms with E-state index < -0.39 is 0 Å². The lowest BCUT2D eigenvalue weighted by molar-refractivity contribution is 0.0943. The van der Waals surface area contributed by atoms with Gasteiger partial charge in [0.25, 0.3) is 5.91 Å². The zero-order valence-electron chi connectivity index (χ0n) is 8.59. The molecule has 1 amide bonds. The molecule has 15 heavy (non-hydrogen) atoms. The summed E-state index contributed by atoms with van der Waals surface area (Å²) in [6.07, 6.45) is 0.898. The van der Waals surface area contributed by atoms with Gasteiger partial charge in [0.05, 0.1) is 5.02 Å². The smallest absolute Gasteiger partial charge is 0.263 e. The third kappa shape index (κ3) is 4.13. The lowest BCUT2D eigenvalue weighted by atomic mass is 10.2. The summed E-state index contributed by atoms with van der Waals surface area (Å²) in [5.41, 5.74) is 0. The van der Waals surface area contributed by atoms with Crippen molar-refractivity contribution in [1.29, 1.82) is 0 Å². The van der Waals surface area contributed by atoms with E-state index in [4.69, 9.17) is 11.6 Å². The van der Waals surface area contributed by atoms with Gasteiger partial charge < -0.3 is 5.32 Å². The maximum atomic E-state index is 11.7. The van der Waals surface area contributed by atoms with Crippen molar-refractivity contribution in [2.75, 3.05) is 0 Å². The highest BCUT2D eigenvalue weighted by atomic mass is 79.9. The van der Waals surface area contributed by atoms with Crippen LogP contribution in [0, 0.1) is 0 Å². The molecule has 0 aliphatic rings. The normalized spacial score (nSPS) is 14.7. The van der Waals surface area contributed by atoms with Gasteiger partial charge in [0.1, 0.15) is 4.88 Å². The van der Waals surface area contributed by atoms with E-state index in [2.05, 4.69) is 28.2 Å². The molecule has 0 aromatic carbocycles. The van der Waals surface area contributed by atoms with E-state index in [0.29, 0.717) is 14.7 Å². The van der Waals surface area contributed by atoms with E-state index >= 15 is 0 Å². The largest absolute Gasteiger partial charge is 0.349 e. The zero-order chi connectivity index (χ0) is 11.4. The fraction of sp³-hybridized carbons (Fsp3) is 0.500. The van der Waals surface area contributed by atoms with Crippen molar-refractivity contribution in [3.05, 3.63) is 21.3 Å². The molecule has 0 saturated heterocycles. The first-order valence-electron chi connectivity index (χ1n) is 4.68. The molecule has 2 unspecified atom stereocenters. The van der Waals surface area contributed by atoms with Crippen LogP contribution in [0.2, 0.25) is 5.02 Å². The first kappa shape index (κ1) is 13.0. The second-order valence-electron chi connectivity index (χ2n) is 3.49. The number of hydrogen-bond acceptors (Lipinski definition) is 2. The number of amides is 1. The number of carbonyl (C=O) groups excluding carboxylic acids is 1. The van der Waals surface area contributed by atoms with Gasteiger partial charge in [-0.15, -0.1) is 11.3 Å². The minimum Gasteiger partial charge on any atom is -0.349 e. The molecule has 0 aliphatic carbocycles. The highest BCUT2D eigenvalue weighted by Crippen LogP contribution is 2.22. The summed E-state index contributed by atoms with van der Waals surface area (Å²) in [6.45, 7) is 4.04. The van der Waals surface area contributed by atoms with Crippen molar-refractivity contribution in [1.82, 2.24) is 5.32 Å². The quantitative estimate of drug-likeness (QED) is 0.844. The van der Waals surface area contributed by atoms with Crippen LogP contribution >= 0.6 is 38.9 Å². The topological polar surface area (TPSA) is 29.1 Å². The fourth-order valence-electron chi connectivity index (χ4n) is 1.29. The third-order valence-electron chi connectivity index (χ3n) is 1.88. The van der Waals surface area contributed by atoms with Crippen LogP contribution in [-0.2, 0) is 0 Å². The summed E-state index contributed by atoms with van der Waals surface area (Å²) in [5.74, 6) is -0.0874. The van der Waals surface area contributed by atoms with E-state index in [9.17, 15) is 4.79 Å². The number of hydrogen-bond donors (Lipinski definition) is 1. The summed E-state index contributed by atoms with van der Waals surface area (Å²) in [4.78, 5) is 12.7. The summed E-state index contributed by atoms with van der Waals surface area (Å²) >= 11 is 10.7. The number of nitrogens with one attached hydrogen (secondary N) is 1. The van der Waals surface area contributed by atoms with Crippen LogP contribution < -0.4 is 5.32 Å². The van der Waals surface area contributed by atoms with Crippen molar-refractivity contribution in [2.45, 2.75) is 31.1 Å². The highest BCUT2D eigenvalue weighted by Gasteiger charge is 2.15. The lowest BCUT2D eigenvalue weighted by Crippen LogP contribution is -2.33. The number of halogens is 2. The Morgan fingerprint density at radius 1 is 1.67 bits per heavy atom. The maximum Gasteiger partial charge on any atom is 0.263 e. The van der Waals surface area contributed by atoms with Crippen LogP contribution in [0.25, 0.3) is 0 Å². The minimum atomic E-state index is -0.0874. The lowest BCUT2D eigenvalue weighted by Gasteiger charge is -2.14. The summed E-state index contributed by atoms with van der Waals surface area (Å²) in [5, 5.41) is 5.25. The first-order chi connectivity index (χ1) is 7.00. The Morgan fingerprint density at radius 3 is 2.80 bits per heavy atom. The summed E-state index contributed by atoms with van der Waals surface area (Å²) in [6, 6.07) is 1.88. The van der Waals surface area contributed by atoms with Crippen LogP contribution in [0.15, 0.2) is 11.4 Å². The monoisotopic (exact) mass is 309 g/mol. The van der Waals surface area contributed by atoms with Crippen molar-refractivity contribution in [2.24, 2.45) is 0 Å². The van der Waals surface area contributed by atoms with Crippen molar-refractivity contribution in [3.8, 4) is 0 Å². The fourth-order valence-corrected chi connectivity index (χ4v) is 2.90. The average molecular weight is 311 g/mol. The molecule has 1 aromatic heterocycles. The van der Waals surface area contributed by atoms with E-state index in [0.717, 1.165) is 6.42 Å². The molecule has 0 aliphatic heterocycles. The van der Waals surface area contributed by atoms with E-state index in [1.807, 2.05) is 12.3 Å². The van der Waals surface area contributed by atoms with Gasteiger partial charge in [0, 0.05) is 10.9 Å². The van der Waals surface area contributed by atoms with E-state index in [1.165, 1.54) is 11.3 Å². The minimum absolute atomic E-state index is 0.0874. The number of rotatable bonds is 4. The number of carbonyl (C=O) groups is 1. The average Bonchev–Trinajstić information content (AvgIpc) is 2.49. The molecule has 0 saturated carbocycles. The Balaban J connectivity index is 2.53. The van der Waals surface area contributed by atoms with Crippen LogP contribution in [-0.4, -0.2) is 16.8 Å². The van der Waals surface area contributed by atoms with Crippen molar-refractivity contribution in [3.63, 3.8) is 0 Å². The van der Waals surface area contributed by atoms with E-state index in [-0.39, 0.29) is 11.9 Å². The van der Waals surface area contributed by atoms with Gasteiger partial charge in [-0.05, 0) is 24.8 Å². The Labute approximate surface area is 107 Å². The predicted octanol–water partition coefficient (Wildman–Crippen LogP) is 3.69. The molecule has 84 valence electrons. The zero-order valence-corrected chi connectivity index (χ0v) is 11.7. The second kappa shape index (κ2) is 5.87. The Morgan fingerprint density at radius 2 is 2.33 bits per heavy atom. The van der Waals surface area contributed by atoms with Gasteiger partial charge in [-0.1, -0.05) is 34.5 Å². The van der Waals surface area contributed by atoms with E-state index in [1.54, 1.807) is 6.07 Å². The Bertz CT molecular complexity index is 340. The molecule has 1 rings (SSSR count). The van der Waals surface area contributed by atoms with Crippen LogP contribution in [0.3, 0.4) is 0 Å². The number of thiophene rings is 1. The predicted molar refractivity (Wildman–Crippen MR) is 69.3 cm³/mol. The van der Waals surface area contributed by atoms with Gasteiger partial charge in [0.2, 0.25) is 0 Å². The molecule has 0 spiro atoms. The van der Waals surface area contributed by atoms with Crippen LogP contribution in [0.4, 0.5) is 0 Å². The molecule has 1 heterocycles. The molecule has 5 heteroatoms. The molecular formula is C10H13BrClNOS. The molecule has 2 nitrogen and oxygen atoms in total. The standard InChI is InChI=1S/C10H13BrClNOS/c1-6(11)5-7(2)13-10(14)9-8(12)3-4-15-9/h3-4,6-7H,5H2,1-2H3,(H,13,14). The van der Waals surface area contributed by atoms with Crippen LogP contribution in [0.5, 0.6) is 0 Å². The highest BCUT2D eigenvalue weighted by molar-refractivity contribution is 9.09. The molecule has 1 aromatic rings.